The Bertz CT molecular complexity index is 752. The van der Waals surface area contributed by atoms with Crippen molar-refractivity contribution < 1.29 is 18.3 Å². The highest BCUT2D eigenvalue weighted by Gasteiger charge is 2.15. The number of carboxylic acids is 1. The summed E-state index contributed by atoms with van der Waals surface area (Å²) in [6, 6.07) is 8.25. The van der Waals surface area contributed by atoms with Gasteiger partial charge in [-0.2, -0.15) is 0 Å². The fourth-order valence-corrected chi connectivity index (χ4v) is 3.98. The Hall–Kier alpha value is -1.86. The molecule has 0 bridgehead atoms. The molecule has 2 rings (SSSR count). The Morgan fingerprint density at radius 1 is 1.32 bits per heavy atom. The lowest BCUT2D eigenvalue weighted by Gasteiger charge is -2.12. The molecule has 1 heterocycles. The van der Waals surface area contributed by atoms with Crippen LogP contribution < -0.4 is 4.72 Å². The monoisotopic (exact) mass is 339 g/mol. The molecule has 2 N–H and O–H groups in total. The maximum atomic E-state index is 12.2. The Morgan fingerprint density at radius 2 is 2.09 bits per heavy atom. The summed E-state index contributed by atoms with van der Waals surface area (Å²) in [6.45, 7) is 1.89. The van der Waals surface area contributed by atoms with Gasteiger partial charge in [-0.25, -0.2) is 13.2 Å². The topological polar surface area (TPSA) is 83.5 Å². The summed E-state index contributed by atoms with van der Waals surface area (Å²) < 4.78 is 26.9. The molecule has 118 valence electrons. The quantitative estimate of drug-likeness (QED) is 0.812. The number of rotatable bonds is 7. The molecule has 22 heavy (non-hydrogen) atoms. The minimum absolute atomic E-state index is 0.0338. The second-order valence-electron chi connectivity index (χ2n) is 4.78. The van der Waals surface area contributed by atoms with E-state index in [0.29, 0.717) is 18.5 Å². The smallest absolute Gasteiger partial charge is 0.335 e. The van der Waals surface area contributed by atoms with Crippen molar-refractivity contribution in [2.75, 3.05) is 10.5 Å². The third-order valence-corrected chi connectivity index (χ3v) is 5.41. The molecule has 0 aliphatic heterocycles. The Balaban J connectivity index is 2.17. The van der Waals surface area contributed by atoms with Crippen LogP contribution in [0, 0.1) is 0 Å². The molecule has 0 atom stereocenters. The van der Waals surface area contributed by atoms with Crippen LogP contribution in [0.5, 0.6) is 0 Å². The lowest BCUT2D eigenvalue weighted by Crippen LogP contribution is -2.19. The second-order valence-corrected chi connectivity index (χ2v) is 7.66. The molecular formula is C15H17NO4S2. The molecule has 0 saturated carbocycles. The van der Waals surface area contributed by atoms with E-state index in [1.165, 1.54) is 23.5 Å². The first kappa shape index (κ1) is 16.5. The fraction of sp³-hybridized carbons (Fsp3) is 0.267. The van der Waals surface area contributed by atoms with Gasteiger partial charge in [0.15, 0.2) is 0 Å². The maximum absolute atomic E-state index is 12.2. The van der Waals surface area contributed by atoms with Crippen molar-refractivity contribution in [3.8, 4) is 0 Å². The summed E-state index contributed by atoms with van der Waals surface area (Å²) in [7, 11) is -3.52. The summed E-state index contributed by atoms with van der Waals surface area (Å²) in [5, 5.41) is 10.9. The van der Waals surface area contributed by atoms with Crippen molar-refractivity contribution in [3.05, 3.63) is 51.7 Å². The molecule has 0 fully saturated rings. The van der Waals surface area contributed by atoms with E-state index in [2.05, 4.69) is 4.72 Å². The molecule has 0 aliphatic carbocycles. The standard InChI is InChI=1S/C15H17NO4S2/c1-2-11-5-6-12(15(17)18)10-14(11)16-22(19,20)9-7-13-4-3-8-21-13/h3-6,8,10,16H,2,7,9H2,1H3,(H,17,18). The summed E-state index contributed by atoms with van der Waals surface area (Å²) in [5.41, 5.74) is 1.17. The number of carbonyl (C=O) groups is 1. The van der Waals surface area contributed by atoms with E-state index >= 15 is 0 Å². The van der Waals surface area contributed by atoms with Gasteiger partial charge in [0.25, 0.3) is 0 Å². The van der Waals surface area contributed by atoms with Crippen molar-refractivity contribution >= 4 is 33.0 Å². The Kier molecular flexibility index (Phi) is 5.20. The number of thiophene rings is 1. The van der Waals surface area contributed by atoms with Crippen molar-refractivity contribution in [3.63, 3.8) is 0 Å². The zero-order chi connectivity index (χ0) is 16.2. The van der Waals surface area contributed by atoms with Crippen molar-refractivity contribution in [1.82, 2.24) is 0 Å². The number of carboxylic acid groups (broad SMARTS) is 1. The van der Waals surface area contributed by atoms with Crippen molar-refractivity contribution in [2.24, 2.45) is 0 Å². The molecular weight excluding hydrogens is 322 g/mol. The van der Waals surface area contributed by atoms with E-state index < -0.39 is 16.0 Å². The molecule has 7 heteroatoms. The molecule has 1 aromatic carbocycles. The van der Waals surface area contributed by atoms with E-state index in [0.717, 1.165) is 10.4 Å². The number of anilines is 1. The minimum Gasteiger partial charge on any atom is -0.478 e. The van der Waals surface area contributed by atoms with Crippen molar-refractivity contribution in [1.29, 1.82) is 0 Å². The van der Waals surface area contributed by atoms with Crippen LogP contribution in [0.15, 0.2) is 35.7 Å². The summed E-state index contributed by atoms with van der Waals surface area (Å²) in [4.78, 5) is 12.0. The van der Waals surface area contributed by atoms with E-state index in [4.69, 9.17) is 5.11 Å². The van der Waals surface area contributed by atoms with Crippen LogP contribution >= 0.6 is 11.3 Å². The summed E-state index contributed by atoms with van der Waals surface area (Å²) in [6.07, 6.45) is 1.05. The number of benzene rings is 1. The van der Waals surface area contributed by atoms with Gasteiger partial charge in [0, 0.05) is 4.88 Å². The predicted octanol–water partition coefficient (Wildman–Crippen LogP) is 2.99. The summed E-state index contributed by atoms with van der Waals surface area (Å²) in [5.74, 6) is -1.12. The number of nitrogens with one attached hydrogen (secondary N) is 1. The van der Waals surface area contributed by atoms with Crippen LogP contribution in [0.3, 0.4) is 0 Å². The van der Waals surface area contributed by atoms with Crippen LogP contribution in [0.4, 0.5) is 5.69 Å². The molecule has 0 saturated heterocycles. The van der Waals surface area contributed by atoms with Gasteiger partial charge in [-0.05, 0) is 42.0 Å². The van der Waals surface area contributed by atoms with Crippen LogP contribution in [-0.2, 0) is 22.9 Å². The highest BCUT2D eigenvalue weighted by atomic mass is 32.2. The molecule has 0 aliphatic rings. The van der Waals surface area contributed by atoms with E-state index in [1.807, 2.05) is 24.4 Å². The largest absolute Gasteiger partial charge is 0.478 e. The molecule has 0 unspecified atom stereocenters. The molecule has 2 aromatic rings. The minimum atomic E-state index is -3.52. The van der Waals surface area contributed by atoms with E-state index in [9.17, 15) is 13.2 Å². The highest BCUT2D eigenvalue weighted by Crippen LogP contribution is 2.21. The Morgan fingerprint density at radius 3 is 2.68 bits per heavy atom. The van der Waals surface area contributed by atoms with E-state index in [-0.39, 0.29) is 11.3 Å². The molecule has 0 radical (unpaired) electrons. The molecule has 0 amide bonds. The van der Waals surface area contributed by atoms with Gasteiger partial charge in [0.05, 0.1) is 17.0 Å². The molecule has 1 aromatic heterocycles. The zero-order valence-corrected chi connectivity index (χ0v) is 13.7. The number of hydrogen-bond acceptors (Lipinski definition) is 4. The maximum Gasteiger partial charge on any atom is 0.335 e. The Labute approximate surface area is 133 Å². The van der Waals surface area contributed by atoms with Gasteiger partial charge in [0.2, 0.25) is 10.0 Å². The van der Waals surface area contributed by atoms with Gasteiger partial charge >= 0.3 is 5.97 Å². The van der Waals surface area contributed by atoms with Gasteiger partial charge < -0.3 is 5.11 Å². The lowest BCUT2D eigenvalue weighted by atomic mass is 10.1. The van der Waals surface area contributed by atoms with Crippen LogP contribution in [0.1, 0.15) is 27.7 Å². The van der Waals surface area contributed by atoms with Gasteiger partial charge in [-0.15, -0.1) is 11.3 Å². The molecule has 0 spiro atoms. The summed E-state index contributed by atoms with van der Waals surface area (Å²) >= 11 is 1.51. The van der Waals surface area contributed by atoms with Crippen LogP contribution in [0.25, 0.3) is 0 Å². The average Bonchev–Trinajstić information content (AvgIpc) is 2.98. The van der Waals surface area contributed by atoms with E-state index in [1.54, 1.807) is 6.07 Å². The van der Waals surface area contributed by atoms with Gasteiger partial charge in [0.1, 0.15) is 0 Å². The number of aromatic carboxylic acids is 1. The number of aryl methyl sites for hydroxylation is 2. The first-order valence-corrected chi connectivity index (χ1v) is 9.33. The number of hydrogen-bond donors (Lipinski definition) is 2. The zero-order valence-electron chi connectivity index (χ0n) is 12.1. The predicted molar refractivity (Wildman–Crippen MR) is 88.2 cm³/mol. The normalized spacial score (nSPS) is 11.3. The van der Waals surface area contributed by atoms with Gasteiger partial charge in [-0.1, -0.05) is 19.1 Å². The average molecular weight is 339 g/mol. The van der Waals surface area contributed by atoms with Crippen LogP contribution in [-0.4, -0.2) is 25.2 Å². The number of sulfonamides is 1. The third kappa shape index (κ3) is 4.32. The second kappa shape index (κ2) is 6.93. The molecule has 5 nitrogen and oxygen atoms in total. The fourth-order valence-electron chi connectivity index (χ4n) is 2.02. The highest BCUT2D eigenvalue weighted by molar-refractivity contribution is 7.92. The van der Waals surface area contributed by atoms with Crippen molar-refractivity contribution in [2.45, 2.75) is 19.8 Å². The first-order valence-electron chi connectivity index (χ1n) is 6.80. The lowest BCUT2D eigenvalue weighted by molar-refractivity contribution is 0.0697. The van der Waals surface area contributed by atoms with Crippen LogP contribution in [0.2, 0.25) is 0 Å². The van der Waals surface area contributed by atoms with Gasteiger partial charge in [-0.3, -0.25) is 4.72 Å². The first-order chi connectivity index (χ1) is 10.4. The SMILES string of the molecule is CCc1ccc(C(=O)O)cc1NS(=O)(=O)CCc1cccs1. The third-order valence-electron chi connectivity index (χ3n) is 3.20.